The first-order valence-corrected chi connectivity index (χ1v) is 6.74. The van der Waals surface area contributed by atoms with E-state index in [1.54, 1.807) is 0 Å². The number of aromatic nitrogens is 3. The van der Waals surface area contributed by atoms with Gasteiger partial charge in [-0.25, -0.2) is 0 Å². The SMILES string of the molecule is CCOc1nc(N)nc(NCC2CCCN(C)C2)n1. The quantitative estimate of drug-likeness (QED) is 0.807. The molecular weight excluding hydrogens is 244 g/mol. The summed E-state index contributed by atoms with van der Waals surface area (Å²) in [4.78, 5) is 14.5. The molecule has 0 amide bonds. The van der Waals surface area contributed by atoms with Gasteiger partial charge in [0.15, 0.2) is 0 Å². The molecule has 2 rings (SSSR count). The fourth-order valence-corrected chi connectivity index (χ4v) is 2.32. The van der Waals surface area contributed by atoms with Gasteiger partial charge in [-0.15, -0.1) is 0 Å². The van der Waals surface area contributed by atoms with Crippen molar-refractivity contribution in [1.29, 1.82) is 0 Å². The number of hydrogen-bond acceptors (Lipinski definition) is 7. The van der Waals surface area contributed by atoms with Crippen LogP contribution in [0.5, 0.6) is 6.01 Å². The highest BCUT2D eigenvalue weighted by molar-refractivity contribution is 5.32. The van der Waals surface area contributed by atoms with Gasteiger partial charge in [0.2, 0.25) is 11.9 Å². The van der Waals surface area contributed by atoms with Crippen LogP contribution >= 0.6 is 0 Å². The second-order valence-electron chi connectivity index (χ2n) is 4.88. The van der Waals surface area contributed by atoms with Gasteiger partial charge < -0.3 is 20.7 Å². The summed E-state index contributed by atoms with van der Waals surface area (Å²) in [6, 6.07) is 0.276. The molecule has 3 N–H and O–H groups in total. The van der Waals surface area contributed by atoms with Gasteiger partial charge in [-0.3, -0.25) is 0 Å². The van der Waals surface area contributed by atoms with Crippen molar-refractivity contribution in [2.45, 2.75) is 19.8 Å². The number of likely N-dealkylation sites (tertiary alicyclic amines) is 1. The fraction of sp³-hybridized carbons (Fsp3) is 0.750. The van der Waals surface area contributed by atoms with Crippen LogP contribution in [0.3, 0.4) is 0 Å². The Labute approximate surface area is 113 Å². The first-order valence-electron chi connectivity index (χ1n) is 6.74. The largest absolute Gasteiger partial charge is 0.464 e. The number of nitrogen functional groups attached to an aromatic ring is 1. The van der Waals surface area contributed by atoms with Gasteiger partial charge in [-0.2, -0.15) is 15.0 Å². The molecule has 0 aromatic carbocycles. The minimum Gasteiger partial charge on any atom is -0.464 e. The van der Waals surface area contributed by atoms with E-state index in [0.717, 1.165) is 13.1 Å². The monoisotopic (exact) mass is 266 g/mol. The molecule has 2 heterocycles. The molecule has 7 nitrogen and oxygen atoms in total. The van der Waals surface area contributed by atoms with E-state index < -0.39 is 0 Å². The molecule has 19 heavy (non-hydrogen) atoms. The predicted octanol–water partition coefficient (Wildman–Crippen LogP) is 0.606. The molecule has 1 saturated heterocycles. The van der Waals surface area contributed by atoms with Crippen LogP contribution in [-0.2, 0) is 0 Å². The van der Waals surface area contributed by atoms with Gasteiger partial charge in [0.1, 0.15) is 0 Å². The van der Waals surface area contributed by atoms with Crippen molar-refractivity contribution in [3.8, 4) is 6.01 Å². The van der Waals surface area contributed by atoms with E-state index >= 15 is 0 Å². The zero-order valence-electron chi connectivity index (χ0n) is 11.6. The van der Waals surface area contributed by atoms with Crippen LogP contribution in [0.2, 0.25) is 0 Å². The summed E-state index contributed by atoms with van der Waals surface area (Å²) in [5.41, 5.74) is 5.63. The molecule has 0 saturated carbocycles. The van der Waals surface area contributed by atoms with E-state index in [-0.39, 0.29) is 12.0 Å². The Hall–Kier alpha value is -1.63. The van der Waals surface area contributed by atoms with Gasteiger partial charge in [0.25, 0.3) is 0 Å². The maximum Gasteiger partial charge on any atom is 0.323 e. The van der Waals surface area contributed by atoms with E-state index in [2.05, 4.69) is 32.2 Å². The van der Waals surface area contributed by atoms with E-state index in [1.165, 1.54) is 19.4 Å². The highest BCUT2D eigenvalue weighted by Gasteiger charge is 2.17. The number of nitrogens with two attached hydrogens (primary N) is 1. The van der Waals surface area contributed by atoms with Crippen molar-refractivity contribution in [1.82, 2.24) is 19.9 Å². The van der Waals surface area contributed by atoms with Crippen LogP contribution in [0, 0.1) is 5.92 Å². The lowest BCUT2D eigenvalue weighted by Gasteiger charge is -2.29. The van der Waals surface area contributed by atoms with Crippen molar-refractivity contribution in [2.75, 3.05) is 44.3 Å². The molecule has 1 aliphatic heterocycles. The van der Waals surface area contributed by atoms with E-state index in [4.69, 9.17) is 10.5 Å². The van der Waals surface area contributed by atoms with Crippen LogP contribution < -0.4 is 15.8 Å². The molecule has 1 aromatic heterocycles. The normalized spacial score (nSPS) is 20.2. The standard InChI is InChI=1S/C12H22N6O/c1-3-19-12-16-10(13)15-11(17-12)14-7-9-5-4-6-18(2)8-9/h9H,3-8H2,1-2H3,(H3,13,14,15,16,17). The molecular formula is C12H22N6O. The zero-order chi connectivity index (χ0) is 13.7. The van der Waals surface area contributed by atoms with Crippen molar-refractivity contribution >= 4 is 11.9 Å². The van der Waals surface area contributed by atoms with Crippen LogP contribution in [0.15, 0.2) is 0 Å². The molecule has 1 aromatic rings. The van der Waals surface area contributed by atoms with Crippen LogP contribution in [0.1, 0.15) is 19.8 Å². The average Bonchev–Trinajstić information content (AvgIpc) is 2.36. The number of ether oxygens (including phenoxy) is 1. The topological polar surface area (TPSA) is 89.2 Å². The Kier molecular flexibility index (Phi) is 4.73. The smallest absolute Gasteiger partial charge is 0.323 e. The summed E-state index contributed by atoms with van der Waals surface area (Å²) in [5, 5.41) is 3.23. The summed E-state index contributed by atoms with van der Waals surface area (Å²) >= 11 is 0. The second kappa shape index (κ2) is 6.51. The molecule has 106 valence electrons. The zero-order valence-corrected chi connectivity index (χ0v) is 11.6. The van der Waals surface area contributed by atoms with Crippen molar-refractivity contribution in [3.63, 3.8) is 0 Å². The second-order valence-corrected chi connectivity index (χ2v) is 4.88. The third kappa shape index (κ3) is 4.20. The molecule has 7 heteroatoms. The minimum atomic E-state index is 0.182. The molecule has 0 spiro atoms. The van der Waals surface area contributed by atoms with Gasteiger partial charge in [0.05, 0.1) is 6.61 Å². The molecule has 1 atom stereocenters. The Morgan fingerprint density at radius 3 is 3.00 bits per heavy atom. The molecule has 1 fully saturated rings. The Balaban J connectivity index is 1.91. The number of anilines is 2. The average molecular weight is 266 g/mol. The van der Waals surface area contributed by atoms with E-state index in [1.807, 2.05) is 6.92 Å². The lowest BCUT2D eigenvalue weighted by Crippen LogP contribution is -2.35. The first-order chi connectivity index (χ1) is 9.17. The summed E-state index contributed by atoms with van der Waals surface area (Å²) in [6.45, 7) is 5.52. The summed E-state index contributed by atoms with van der Waals surface area (Å²) in [7, 11) is 2.15. The number of hydrogen-bond donors (Lipinski definition) is 2. The van der Waals surface area contributed by atoms with Crippen molar-refractivity contribution < 1.29 is 4.74 Å². The Morgan fingerprint density at radius 1 is 1.42 bits per heavy atom. The van der Waals surface area contributed by atoms with Crippen molar-refractivity contribution in [3.05, 3.63) is 0 Å². The molecule has 0 bridgehead atoms. The molecule has 1 aliphatic rings. The van der Waals surface area contributed by atoms with Crippen LogP contribution in [-0.4, -0.2) is 53.1 Å². The molecule has 1 unspecified atom stereocenters. The third-order valence-electron chi connectivity index (χ3n) is 3.18. The maximum absolute atomic E-state index is 5.63. The fourth-order valence-electron chi connectivity index (χ4n) is 2.32. The predicted molar refractivity (Wildman–Crippen MR) is 74.1 cm³/mol. The van der Waals surface area contributed by atoms with Crippen LogP contribution in [0.25, 0.3) is 0 Å². The van der Waals surface area contributed by atoms with Crippen LogP contribution in [0.4, 0.5) is 11.9 Å². The van der Waals surface area contributed by atoms with Crippen molar-refractivity contribution in [2.24, 2.45) is 5.92 Å². The summed E-state index contributed by atoms with van der Waals surface area (Å²) in [6.07, 6.45) is 2.47. The highest BCUT2D eigenvalue weighted by atomic mass is 16.5. The van der Waals surface area contributed by atoms with Gasteiger partial charge in [-0.05, 0) is 39.3 Å². The lowest BCUT2D eigenvalue weighted by atomic mass is 9.99. The molecule has 0 aliphatic carbocycles. The molecule has 0 radical (unpaired) electrons. The van der Waals surface area contributed by atoms with Gasteiger partial charge in [0, 0.05) is 13.1 Å². The maximum atomic E-state index is 5.63. The lowest BCUT2D eigenvalue weighted by molar-refractivity contribution is 0.217. The highest BCUT2D eigenvalue weighted by Crippen LogP contribution is 2.16. The number of nitrogens with one attached hydrogen (secondary N) is 1. The van der Waals surface area contributed by atoms with Gasteiger partial charge in [-0.1, -0.05) is 0 Å². The number of piperidine rings is 1. The number of rotatable bonds is 5. The minimum absolute atomic E-state index is 0.182. The Bertz CT molecular complexity index is 413. The Morgan fingerprint density at radius 2 is 2.26 bits per heavy atom. The van der Waals surface area contributed by atoms with Gasteiger partial charge >= 0.3 is 6.01 Å². The van der Waals surface area contributed by atoms with E-state index in [0.29, 0.717) is 18.5 Å². The summed E-state index contributed by atoms with van der Waals surface area (Å²) < 4.78 is 5.25. The first kappa shape index (κ1) is 13.8. The third-order valence-corrected chi connectivity index (χ3v) is 3.18. The summed E-state index contributed by atoms with van der Waals surface area (Å²) in [5.74, 6) is 1.29. The van der Waals surface area contributed by atoms with E-state index in [9.17, 15) is 0 Å². The number of nitrogens with zero attached hydrogens (tertiary/aromatic N) is 4.